The highest BCUT2D eigenvalue weighted by Gasteiger charge is 2.24. The van der Waals surface area contributed by atoms with Crippen molar-refractivity contribution in [1.29, 1.82) is 0 Å². The molecule has 0 saturated heterocycles. The molecule has 4 aromatic heterocycles. The lowest BCUT2D eigenvalue weighted by Crippen LogP contribution is -2.42. The summed E-state index contributed by atoms with van der Waals surface area (Å²) in [6.07, 6.45) is 6.40. The van der Waals surface area contributed by atoms with E-state index in [0.717, 1.165) is 39.3 Å². The quantitative estimate of drug-likeness (QED) is 0.0745. The van der Waals surface area contributed by atoms with Gasteiger partial charge in [-0.15, -0.1) is 0 Å². The molecule has 2 N–H and O–H groups in total. The second kappa shape index (κ2) is 23.4. The van der Waals surface area contributed by atoms with Crippen LogP contribution in [0.2, 0.25) is 5.15 Å². The molecule has 0 radical (unpaired) electrons. The number of carbonyl (C=O) groups is 4. The second-order valence-electron chi connectivity index (χ2n) is 14.0. The van der Waals surface area contributed by atoms with Crippen LogP contribution in [-0.2, 0) is 68.4 Å². The SMILES string of the molecule is CCOC(=O)CN[C@@H](Cc1ccccc1)C(=O)Cc1cc(-c2ccnc(Cl)c2)nn1C.CCOC(=O)CN[C@@H](Cc1ccccc1)C(=O)Cc1cc(-c2ccncc2)nn1C. The number of aryl methyl sites for hydroxylation is 2. The van der Waals surface area contributed by atoms with Gasteiger partial charge in [0.05, 0.1) is 62.6 Å². The van der Waals surface area contributed by atoms with Gasteiger partial charge in [0.2, 0.25) is 0 Å². The molecular formula is C46H51ClN8O6. The van der Waals surface area contributed by atoms with Gasteiger partial charge in [-0.05, 0) is 74.2 Å². The van der Waals surface area contributed by atoms with Gasteiger partial charge in [0.15, 0.2) is 11.6 Å². The van der Waals surface area contributed by atoms with Crippen molar-refractivity contribution < 1.29 is 28.7 Å². The molecule has 6 rings (SSSR count). The van der Waals surface area contributed by atoms with Crippen molar-refractivity contribution >= 4 is 35.1 Å². The monoisotopic (exact) mass is 846 g/mol. The van der Waals surface area contributed by atoms with Crippen LogP contribution in [0.25, 0.3) is 22.5 Å². The molecule has 0 fully saturated rings. The van der Waals surface area contributed by atoms with Crippen molar-refractivity contribution in [2.45, 2.75) is 51.6 Å². The maximum Gasteiger partial charge on any atom is 0.319 e. The number of hydrogen-bond donors (Lipinski definition) is 2. The van der Waals surface area contributed by atoms with Gasteiger partial charge in [-0.1, -0.05) is 72.3 Å². The van der Waals surface area contributed by atoms with E-state index in [1.54, 1.807) is 54.9 Å². The number of aromatic nitrogens is 6. The van der Waals surface area contributed by atoms with Crippen LogP contribution in [0.1, 0.15) is 36.4 Å². The Morgan fingerprint density at radius 1 is 0.623 bits per heavy atom. The van der Waals surface area contributed by atoms with Crippen molar-refractivity contribution in [2.75, 3.05) is 26.3 Å². The van der Waals surface area contributed by atoms with Crippen molar-refractivity contribution in [3.05, 3.63) is 143 Å². The molecule has 2 atom stereocenters. The lowest BCUT2D eigenvalue weighted by atomic mass is 9.99. The summed E-state index contributed by atoms with van der Waals surface area (Å²) in [6.45, 7) is 4.08. The van der Waals surface area contributed by atoms with E-state index >= 15 is 0 Å². The molecule has 0 saturated carbocycles. The number of benzene rings is 2. The third-order valence-electron chi connectivity index (χ3n) is 9.60. The van der Waals surface area contributed by atoms with Crippen LogP contribution in [0.3, 0.4) is 0 Å². The number of Topliss-reactive ketones (excluding diaryl/α,β-unsaturated/α-hetero) is 2. The minimum Gasteiger partial charge on any atom is -0.465 e. The number of ether oxygens (including phenoxy) is 2. The Labute approximate surface area is 360 Å². The van der Waals surface area contributed by atoms with Gasteiger partial charge in [0.25, 0.3) is 0 Å². The van der Waals surface area contributed by atoms with Crippen LogP contribution in [0.4, 0.5) is 0 Å². The van der Waals surface area contributed by atoms with E-state index in [2.05, 4.69) is 30.8 Å². The van der Waals surface area contributed by atoms with Gasteiger partial charge in [0, 0.05) is 55.2 Å². The minimum absolute atomic E-state index is 0.00701. The lowest BCUT2D eigenvalue weighted by molar-refractivity contribution is -0.143. The summed E-state index contributed by atoms with van der Waals surface area (Å²) in [5, 5.41) is 15.5. The Balaban J connectivity index is 0.000000231. The lowest BCUT2D eigenvalue weighted by Gasteiger charge is -2.17. The van der Waals surface area contributed by atoms with E-state index in [9.17, 15) is 19.2 Å². The van der Waals surface area contributed by atoms with Crippen LogP contribution >= 0.6 is 11.6 Å². The van der Waals surface area contributed by atoms with E-state index in [0.29, 0.717) is 36.9 Å². The fourth-order valence-electron chi connectivity index (χ4n) is 6.45. The number of pyridine rings is 2. The molecule has 2 aromatic carbocycles. The Hall–Kier alpha value is -6.35. The Bertz CT molecular complexity index is 2340. The van der Waals surface area contributed by atoms with Gasteiger partial charge >= 0.3 is 11.9 Å². The van der Waals surface area contributed by atoms with E-state index in [-0.39, 0.29) is 49.4 Å². The first-order valence-electron chi connectivity index (χ1n) is 20.0. The van der Waals surface area contributed by atoms with Crippen molar-refractivity contribution in [1.82, 2.24) is 40.2 Å². The smallest absolute Gasteiger partial charge is 0.319 e. The molecule has 0 aliphatic heterocycles. The highest BCUT2D eigenvalue weighted by Crippen LogP contribution is 2.22. The first kappa shape index (κ1) is 45.7. The molecule has 14 nitrogen and oxygen atoms in total. The van der Waals surface area contributed by atoms with E-state index in [4.69, 9.17) is 21.1 Å². The number of rotatable bonds is 20. The number of ketones is 2. The number of halogens is 1. The highest BCUT2D eigenvalue weighted by molar-refractivity contribution is 6.29. The molecule has 61 heavy (non-hydrogen) atoms. The number of hydrogen-bond acceptors (Lipinski definition) is 12. The zero-order valence-corrected chi connectivity index (χ0v) is 35.5. The number of nitrogens with zero attached hydrogens (tertiary/aromatic N) is 6. The Morgan fingerprint density at radius 2 is 1.07 bits per heavy atom. The average molecular weight is 847 g/mol. The van der Waals surface area contributed by atoms with Crippen LogP contribution in [0.15, 0.2) is 116 Å². The summed E-state index contributed by atoms with van der Waals surface area (Å²) >= 11 is 5.98. The van der Waals surface area contributed by atoms with Gasteiger partial charge in [-0.3, -0.25) is 44.2 Å². The zero-order chi connectivity index (χ0) is 43.6. The molecule has 0 aliphatic carbocycles. The van der Waals surface area contributed by atoms with Gasteiger partial charge in [0.1, 0.15) is 5.15 Å². The predicted molar refractivity (Wildman–Crippen MR) is 232 cm³/mol. The molecule has 4 heterocycles. The fraction of sp³-hybridized carbons (Fsp3) is 0.304. The Kier molecular flexibility index (Phi) is 17.6. The molecule has 15 heteroatoms. The fourth-order valence-corrected chi connectivity index (χ4v) is 6.62. The normalized spacial score (nSPS) is 11.8. The molecule has 0 spiro atoms. The van der Waals surface area contributed by atoms with Crippen molar-refractivity contribution in [3.8, 4) is 22.5 Å². The summed E-state index contributed by atoms with van der Waals surface area (Å²) in [5.41, 5.74) is 6.89. The maximum absolute atomic E-state index is 13.2. The third kappa shape index (κ3) is 14.4. The summed E-state index contributed by atoms with van der Waals surface area (Å²) in [6, 6.07) is 29.5. The summed E-state index contributed by atoms with van der Waals surface area (Å²) in [7, 11) is 3.62. The van der Waals surface area contributed by atoms with E-state index in [1.807, 2.05) is 98.0 Å². The largest absolute Gasteiger partial charge is 0.465 e. The molecule has 6 aromatic rings. The van der Waals surface area contributed by atoms with Crippen molar-refractivity contribution in [3.63, 3.8) is 0 Å². The van der Waals surface area contributed by atoms with Gasteiger partial charge < -0.3 is 9.47 Å². The Morgan fingerprint density at radius 3 is 1.51 bits per heavy atom. The van der Waals surface area contributed by atoms with Crippen LogP contribution < -0.4 is 10.6 Å². The summed E-state index contributed by atoms with van der Waals surface area (Å²) in [5.74, 6) is -0.794. The number of carbonyl (C=O) groups excluding carboxylic acids is 4. The first-order chi connectivity index (χ1) is 29.5. The molecular weight excluding hydrogens is 796 g/mol. The standard InChI is InChI=1S/C23H25ClN4O3.C23H26N4O3/c1-3-31-23(30)15-26-20(11-16-7-5-4-6-8-16)21(29)14-18-13-19(27-28(18)2)17-9-10-25-22(24)12-17;1-3-30-23(29)16-25-21(13-17-7-5-4-6-8-17)22(28)15-19-14-20(26-27(19)2)18-9-11-24-12-10-18/h4-10,12-13,20,26H,3,11,14-15H2,1-2H3;4-12,14,21,25H,3,13,15-16H2,1-2H3/t20-;21-/m00/s1. The molecule has 0 unspecified atom stereocenters. The number of nitrogens with one attached hydrogen (secondary N) is 2. The predicted octanol–water partition coefficient (Wildman–Crippen LogP) is 5.37. The maximum atomic E-state index is 13.2. The molecule has 0 bridgehead atoms. The third-order valence-corrected chi connectivity index (χ3v) is 9.81. The van der Waals surface area contributed by atoms with Gasteiger partial charge in [-0.25, -0.2) is 4.98 Å². The first-order valence-corrected chi connectivity index (χ1v) is 20.4. The molecule has 0 aliphatic rings. The van der Waals surface area contributed by atoms with E-state index in [1.165, 1.54) is 0 Å². The summed E-state index contributed by atoms with van der Waals surface area (Å²) < 4.78 is 13.4. The average Bonchev–Trinajstić information content (AvgIpc) is 3.82. The molecule has 318 valence electrons. The second-order valence-corrected chi connectivity index (χ2v) is 14.4. The van der Waals surface area contributed by atoms with Gasteiger partial charge in [-0.2, -0.15) is 10.2 Å². The van der Waals surface area contributed by atoms with Crippen LogP contribution in [-0.4, -0.2) is 91.4 Å². The van der Waals surface area contributed by atoms with E-state index < -0.39 is 12.1 Å². The molecule has 0 amide bonds. The minimum atomic E-state index is -0.527. The van der Waals surface area contributed by atoms with Crippen LogP contribution in [0.5, 0.6) is 0 Å². The zero-order valence-electron chi connectivity index (χ0n) is 34.8. The van der Waals surface area contributed by atoms with Crippen molar-refractivity contribution in [2.24, 2.45) is 14.1 Å². The number of esters is 2. The van der Waals surface area contributed by atoms with Crippen LogP contribution in [0, 0.1) is 0 Å². The summed E-state index contributed by atoms with van der Waals surface area (Å²) in [4.78, 5) is 57.9. The topological polar surface area (TPSA) is 172 Å². The highest BCUT2D eigenvalue weighted by atomic mass is 35.5.